The molecule has 30 heavy (non-hydrogen) atoms. The zero-order chi connectivity index (χ0) is 21.1. The zero-order valence-electron chi connectivity index (χ0n) is 17.2. The van der Waals surface area contributed by atoms with Crippen LogP contribution in [0.4, 0.5) is 4.79 Å². The quantitative estimate of drug-likeness (QED) is 0.641. The molecule has 0 saturated heterocycles. The van der Waals surface area contributed by atoms with Gasteiger partial charge < -0.3 is 19.5 Å². The number of hydrogen-bond donors (Lipinski definition) is 1. The van der Waals surface area contributed by atoms with Crippen molar-refractivity contribution < 1.29 is 19.4 Å². The molecule has 4 rings (SSSR count). The fraction of sp³-hybridized carbons (Fsp3) is 0.240. The Kier molecular flexibility index (Phi) is 5.61. The Bertz CT molecular complexity index is 1020. The number of carbonyl (C=O) groups excluding carboxylic acids is 1. The molecule has 1 N–H and O–H groups in total. The van der Waals surface area contributed by atoms with Crippen LogP contribution in [0, 0.1) is 0 Å². The normalized spacial score (nSPS) is 12.2. The largest absolute Gasteiger partial charge is 0.504 e. The number of fused-ring (bicyclic) bond motifs is 3. The maximum absolute atomic E-state index is 12.6. The molecule has 0 radical (unpaired) electrons. The Labute approximate surface area is 176 Å². The van der Waals surface area contributed by atoms with E-state index in [1.165, 1.54) is 29.4 Å². The van der Waals surface area contributed by atoms with Crippen LogP contribution in [0.5, 0.6) is 11.5 Å². The van der Waals surface area contributed by atoms with Crippen molar-refractivity contribution in [2.45, 2.75) is 12.3 Å². The second-order valence-electron chi connectivity index (χ2n) is 7.48. The number of phenols is 1. The third-order valence-corrected chi connectivity index (χ3v) is 5.63. The van der Waals surface area contributed by atoms with Crippen LogP contribution in [-0.4, -0.2) is 43.4 Å². The summed E-state index contributed by atoms with van der Waals surface area (Å²) in [6.07, 6.45) is 0.291. The number of benzene rings is 3. The number of amides is 1. The molecule has 1 amide bonds. The van der Waals surface area contributed by atoms with E-state index in [-0.39, 0.29) is 17.8 Å². The number of aromatic hydroxyl groups is 1. The van der Waals surface area contributed by atoms with Gasteiger partial charge in [0, 0.05) is 19.5 Å². The van der Waals surface area contributed by atoms with Crippen molar-refractivity contribution in [3.63, 3.8) is 0 Å². The van der Waals surface area contributed by atoms with Gasteiger partial charge in [0.15, 0.2) is 11.5 Å². The van der Waals surface area contributed by atoms with E-state index in [9.17, 15) is 9.90 Å². The third kappa shape index (κ3) is 3.83. The van der Waals surface area contributed by atoms with Crippen molar-refractivity contribution in [2.75, 3.05) is 27.3 Å². The van der Waals surface area contributed by atoms with Crippen molar-refractivity contribution in [3.8, 4) is 22.6 Å². The number of ether oxygens (including phenoxy) is 2. The smallest absolute Gasteiger partial charge is 0.409 e. The van der Waals surface area contributed by atoms with E-state index >= 15 is 0 Å². The van der Waals surface area contributed by atoms with E-state index in [1.807, 2.05) is 30.3 Å². The molecule has 5 heteroatoms. The Morgan fingerprint density at radius 2 is 1.63 bits per heavy atom. The van der Waals surface area contributed by atoms with Crippen LogP contribution in [0.1, 0.15) is 22.6 Å². The standard InChI is InChI=1S/C25H25NO4/c1-26(14-13-17-11-12-23(27)24(15-17)29-2)25(28)30-16-22-20-9-5-3-7-18(20)19-8-4-6-10-21(19)22/h3-12,15,22,27H,13-14,16H2,1-2H3. The summed E-state index contributed by atoms with van der Waals surface area (Å²) in [6, 6.07) is 21.8. The van der Waals surface area contributed by atoms with Crippen LogP contribution in [0.2, 0.25) is 0 Å². The average Bonchev–Trinajstić information content (AvgIpc) is 3.10. The minimum Gasteiger partial charge on any atom is -0.504 e. The van der Waals surface area contributed by atoms with Crippen LogP contribution < -0.4 is 4.74 Å². The molecule has 0 saturated carbocycles. The Morgan fingerprint density at radius 1 is 1.00 bits per heavy atom. The highest BCUT2D eigenvalue weighted by atomic mass is 16.6. The molecule has 0 spiro atoms. The van der Waals surface area contributed by atoms with Gasteiger partial charge in [-0.15, -0.1) is 0 Å². The van der Waals surface area contributed by atoms with Crippen LogP contribution in [0.3, 0.4) is 0 Å². The summed E-state index contributed by atoms with van der Waals surface area (Å²) in [7, 11) is 3.25. The van der Waals surface area contributed by atoms with E-state index < -0.39 is 0 Å². The fourth-order valence-corrected chi connectivity index (χ4v) is 3.97. The molecule has 1 aliphatic carbocycles. The molecule has 0 aliphatic heterocycles. The third-order valence-electron chi connectivity index (χ3n) is 5.63. The van der Waals surface area contributed by atoms with E-state index in [1.54, 1.807) is 24.1 Å². The summed E-state index contributed by atoms with van der Waals surface area (Å²) in [5, 5.41) is 9.70. The summed E-state index contributed by atoms with van der Waals surface area (Å²) in [4.78, 5) is 14.1. The molecular weight excluding hydrogens is 378 g/mol. The summed E-state index contributed by atoms with van der Waals surface area (Å²) < 4.78 is 10.8. The lowest BCUT2D eigenvalue weighted by molar-refractivity contribution is 0.109. The van der Waals surface area contributed by atoms with Crippen molar-refractivity contribution in [1.82, 2.24) is 4.90 Å². The first kappa shape index (κ1) is 19.8. The monoisotopic (exact) mass is 403 g/mol. The van der Waals surface area contributed by atoms with Crippen LogP contribution in [0.15, 0.2) is 66.7 Å². The molecule has 3 aromatic carbocycles. The van der Waals surface area contributed by atoms with Crippen molar-refractivity contribution in [2.24, 2.45) is 0 Å². The van der Waals surface area contributed by atoms with E-state index in [0.717, 1.165) is 5.56 Å². The van der Waals surface area contributed by atoms with Crippen molar-refractivity contribution in [1.29, 1.82) is 0 Å². The molecule has 0 fully saturated rings. The van der Waals surface area contributed by atoms with Crippen LogP contribution >= 0.6 is 0 Å². The maximum Gasteiger partial charge on any atom is 0.409 e. The van der Waals surface area contributed by atoms with E-state index in [0.29, 0.717) is 25.3 Å². The minimum absolute atomic E-state index is 0.0520. The van der Waals surface area contributed by atoms with Gasteiger partial charge in [0.1, 0.15) is 6.61 Å². The average molecular weight is 403 g/mol. The number of hydrogen-bond acceptors (Lipinski definition) is 4. The highest BCUT2D eigenvalue weighted by Gasteiger charge is 2.29. The van der Waals surface area contributed by atoms with Gasteiger partial charge in [0.2, 0.25) is 0 Å². The molecule has 1 aliphatic rings. The number of rotatable bonds is 6. The Balaban J connectivity index is 1.38. The van der Waals surface area contributed by atoms with Crippen LogP contribution in [-0.2, 0) is 11.2 Å². The maximum atomic E-state index is 12.6. The molecule has 0 aromatic heterocycles. The summed E-state index contributed by atoms with van der Waals surface area (Å²) >= 11 is 0. The Morgan fingerprint density at radius 3 is 2.27 bits per heavy atom. The second kappa shape index (κ2) is 8.49. The molecule has 5 nitrogen and oxygen atoms in total. The summed E-state index contributed by atoms with van der Waals surface area (Å²) in [6.45, 7) is 0.814. The van der Waals surface area contributed by atoms with Gasteiger partial charge in [-0.1, -0.05) is 54.6 Å². The molecule has 3 aromatic rings. The predicted octanol–water partition coefficient (Wildman–Crippen LogP) is 4.82. The van der Waals surface area contributed by atoms with Gasteiger partial charge in [0.05, 0.1) is 7.11 Å². The van der Waals surface area contributed by atoms with E-state index in [4.69, 9.17) is 9.47 Å². The lowest BCUT2D eigenvalue weighted by atomic mass is 9.98. The molecule has 0 bridgehead atoms. The number of likely N-dealkylation sites (N-methyl/N-ethyl adjacent to an activating group) is 1. The lowest BCUT2D eigenvalue weighted by Crippen LogP contribution is -2.30. The van der Waals surface area contributed by atoms with Crippen molar-refractivity contribution >= 4 is 6.09 Å². The van der Waals surface area contributed by atoms with Gasteiger partial charge in [0.25, 0.3) is 0 Å². The summed E-state index contributed by atoms with van der Waals surface area (Å²) in [5.41, 5.74) is 5.80. The highest BCUT2D eigenvalue weighted by Crippen LogP contribution is 2.44. The van der Waals surface area contributed by atoms with Crippen LogP contribution in [0.25, 0.3) is 11.1 Å². The molecule has 0 heterocycles. The predicted molar refractivity (Wildman–Crippen MR) is 116 cm³/mol. The fourth-order valence-electron chi connectivity index (χ4n) is 3.97. The number of phenolic OH excluding ortho intramolecular Hbond substituents is 1. The number of methoxy groups -OCH3 is 1. The van der Waals surface area contributed by atoms with Gasteiger partial charge in [-0.25, -0.2) is 4.79 Å². The molecule has 0 unspecified atom stereocenters. The highest BCUT2D eigenvalue weighted by molar-refractivity contribution is 5.79. The van der Waals surface area contributed by atoms with Gasteiger partial charge in [-0.3, -0.25) is 0 Å². The van der Waals surface area contributed by atoms with E-state index in [2.05, 4.69) is 24.3 Å². The second-order valence-corrected chi connectivity index (χ2v) is 7.48. The van der Waals surface area contributed by atoms with Gasteiger partial charge in [-0.05, 0) is 46.4 Å². The number of carbonyl (C=O) groups is 1. The first-order valence-electron chi connectivity index (χ1n) is 10.0. The first-order valence-corrected chi connectivity index (χ1v) is 10.0. The SMILES string of the molecule is COc1cc(CCN(C)C(=O)OCC2c3ccccc3-c3ccccc32)ccc1O. The van der Waals surface area contributed by atoms with Crippen molar-refractivity contribution in [3.05, 3.63) is 83.4 Å². The summed E-state index contributed by atoms with van der Waals surface area (Å²) in [5.74, 6) is 0.582. The van der Waals surface area contributed by atoms with Gasteiger partial charge >= 0.3 is 6.09 Å². The first-order chi connectivity index (χ1) is 14.6. The van der Waals surface area contributed by atoms with Gasteiger partial charge in [-0.2, -0.15) is 0 Å². The lowest BCUT2D eigenvalue weighted by Gasteiger charge is -2.20. The topological polar surface area (TPSA) is 59.0 Å². The molecule has 154 valence electrons. The Hall–Kier alpha value is -3.47. The zero-order valence-corrected chi connectivity index (χ0v) is 17.2. The molecule has 0 atom stereocenters. The minimum atomic E-state index is -0.345. The molecular formula is C25H25NO4. The number of nitrogens with zero attached hydrogens (tertiary/aromatic N) is 1.